The van der Waals surface area contributed by atoms with Crippen LogP contribution in [0.3, 0.4) is 0 Å². The molecule has 0 radical (unpaired) electrons. The molecule has 1 saturated heterocycles. The maximum Gasteiger partial charge on any atom is 0.241 e. The monoisotopic (exact) mass is 329 g/mol. The van der Waals surface area contributed by atoms with Crippen LogP contribution in [-0.2, 0) is 4.79 Å². The van der Waals surface area contributed by atoms with Crippen molar-refractivity contribution in [2.75, 3.05) is 42.9 Å². The second-order valence-corrected chi connectivity index (χ2v) is 6.00. The molecule has 0 spiro atoms. The van der Waals surface area contributed by atoms with Gasteiger partial charge in [-0.3, -0.25) is 4.79 Å². The Kier molecular flexibility index (Phi) is 5.03. The standard InChI is InChI=1S/C18H20ClN3O/c19-15-5-4-8-17(13-15)21-9-11-22(12-10-21)18(23)14-20-16-6-2-1-3-7-16/h1-8,13,20H,9-12,14H2. The third-order valence-corrected chi connectivity index (χ3v) is 4.26. The summed E-state index contributed by atoms with van der Waals surface area (Å²) < 4.78 is 0. The minimum absolute atomic E-state index is 0.139. The first-order valence-electron chi connectivity index (χ1n) is 7.79. The average Bonchev–Trinajstić information content (AvgIpc) is 2.61. The first-order valence-corrected chi connectivity index (χ1v) is 8.17. The van der Waals surface area contributed by atoms with Crippen molar-refractivity contribution in [2.24, 2.45) is 0 Å². The highest BCUT2D eigenvalue weighted by Gasteiger charge is 2.21. The molecular formula is C18H20ClN3O. The van der Waals surface area contributed by atoms with Crippen molar-refractivity contribution >= 4 is 28.9 Å². The summed E-state index contributed by atoms with van der Waals surface area (Å²) in [4.78, 5) is 16.5. The van der Waals surface area contributed by atoms with Crippen molar-refractivity contribution in [3.8, 4) is 0 Å². The molecule has 0 aromatic heterocycles. The van der Waals surface area contributed by atoms with Crippen LogP contribution in [-0.4, -0.2) is 43.5 Å². The summed E-state index contributed by atoms with van der Waals surface area (Å²) in [5.74, 6) is 0.139. The molecule has 1 aliphatic heterocycles. The summed E-state index contributed by atoms with van der Waals surface area (Å²) in [6.07, 6.45) is 0. The van der Waals surface area contributed by atoms with Crippen LogP contribution in [0.1, 0.15) is 0 Å². The van der Waals surface area contributed by atoms with E-state index in [2.05, 4.69) is 16.3 Å². The number of hydrogen-bond donors (Lipinski definition) is 1. The minimum atomic E-state index is 0.139. The van der Waals surface area contributed by atoms with Crippen molar-refractivity contribution in [1.82, 2.24) is 4.90 Å². The molecule has 1 fully saturated rings. The average molecular weight is 330 g/mol. The van der Waals surface area contributed by atoms with Gasteiger partial charge < -0.3 is 15.1 Å². The van der Waals surface area contributed by atoms with Crippen LogP contribution in [0.4, 0.5) is 11.4 Å². The van der Waals surface area contributed by atoms with Gasteiger partial charge in [-0.2, -0.15) is 0 Å². The van der Waals surface area contributed by atoms with Crippen LogP contribution in [0.5, 0.6) is 0 Å². The Morgan fingerprint density at radius 3 is 2.43 bits per heavy atom. The van der Waals surface area contributed by atoms with Crippen LogP contribution >= 0.6 is 11.6 Å². The number of benzene rings is 2. The number of carbonyl (C=O) groups is 1. The summed E-state index contributed by atoms with van der Waals surface area (Å²) in [5, 5.41) is 3.91. The van der Waals surface area contributed by atoms with Gasteiger partial charge in [-0.05, 0) is 30.3 Å². The lowest BCUT2D eigenvalue weighted by molar-refractivity contribution is -0.129. The highest BCUT2D eigenvalue weighted by atomic mass is 35.5. The summed E-state index contributed by atoms with van der Waals surface area (Å²) in [5.41, 5.74) is 2.09. The zero-order valence-corrected chi connectivity index (χ0v) is 13.7. The fraction of sp³-hybridized carbons (Fsp3) is 0.278. The van der Waals surface area contributed by atoms with Gasteiger partial charge in [-0.1, -0.05) is 35.9 Å². The van der Waals surface area contributed by atoms with Gasteiger partial charge in [-0.15, -0.1) is 0 Å². The molecule has 1 heterocycles. The number of nitrogens with zero attached hydrogens (tertiary/aromatic N) is 2. The van der Waals surface area contributed by atoms with E-state index in [4.69, 9.17) is 11.6 Å². The first-order chi connectivity index (χ1) is 11.2. The van der Waals surface area contributed by atoms with Crippen LogP contribution in [0.25, 0.3) is 0 Å². The molecule has 2 aromatic carbocycles. The van der Waals surface area contributed by atoms with Crippen molar-refractivity contribution in [2.45, 2.75) is 0 Å². The molecule has 0 aliphatic carbocycles. The van der Waals surface area contributed by atoms with Gasteiger partial charge in [0.2, 0.25) is 5.91 Å². The van der Waals surface area contributed by atoms with Crippen LogP contribution < -0.4 is 10.2 Å². The summed E-state index contributed by atoms with van der Waals surface area (Å²) in [6, 6.07) is 17.7. The number of amides is 1. The Labute approximate surface area is 141 Å². The molecule has 1 N–H and O–H groups in total. The number of nitrogens with one attached hydrogen (secondary N) is 1. The lowest BCUT2D eigenvalue weighted by atomic mass is 10.2. The molecule has 0 bridgehead atoms. The van der Waals surface area contributed by atoms with Gasteiger partial charge >= 0.3 is 0 Å². The topological polar surface area (TPSA) is 35.6 Å². The van der Waals surface area contributed by atoms with E-state index in [0.717, 1.165) is 42.6 Å². The normalized spacial score (nSPS) is 14.7. The van der Waals surface area contributed by atoms with Gasteiger partial charge in [-0.25, -0.2) is 0 Å². The zero-order valence-electron chi connectivity index (χ0n) is 12.9. The predicted octanol–water partition coefficient (Wildman–Crippen LogP) is 3.10. The number of piperazine rings is 1. The first kappa shape index (κ1) is 15.7. The van der Waals surface area contributed by atoms with Crippen molar-refractivity contribution in [3.63, 3.8) is 0 Å². The van der Waals surface area contributed by atoms with Gasteiger partial charge in [0.25, 0.3) is 0 Å². The van der Waals surface area contributed by atoms with Gasteiger partial charge in [0, 0.05) is 42.6 Å². The molecular weight excluding hydrogens is 310 g/mol. The van der Waals surface area contributed by atoms with E-state index >= 15 is 0 Å². The number of carbonyl (C=O) groups excluding carboxylic acids is 1. The molecule has 2 aromatic rings. The van der Waals surface area contributed by atoms with Gasteiger partial charge in [0.05, 0.1) is 6.54 Å². The Balaban J connectivity index is 1.49. The fourth-order valence-electron chi connectivity index (χ4n) is 2.73. The van der Waals surface area contributed by atoms with E-state index < -0.39 is 0 Å². The Bertz CT molecular complexity index is 654. The minimum Gasteiger partial charge on any atom is -0.376 e. The quantitative estimate of drug-likeness (QED) is 0.936. The molecule has 1 amide bonds. The lowest BCUT2D eigenvalue weighted by Gasteiger charge is -2.36. The third kappa shape index (κ3) is 4.17. The maximum atomic E-state index is 12.3. The van der Waals surface area contributed by atoms with Crippen molar-refractivity contribution < 1.29 is 4.79 Å². The highest BCUT2D eigenvalue weighted by molar-refractivity contribution is 6.30. The molecule has 4 nitrogen and oxygen atoms in total. The van der Waals surface area contributed by atoms with Crippen molar-refractivity contribution in [1.29, 1.82) is 0 Å². The molecule has 0 saturated carbocycles. The predicted molar refractivity (Wildman–Crippen MR) is 95.2 cm³/mol. The van der Waals surface area contributed by atoms with Gasteiger partial charge in [0.15, 0.2) is 0 Å². The molecule has 1 aliphatic rings. The second-order valence-electron chi connectivity index (χ2n) is 5.57. The Hall–Kier alpha value is -2.20. The molecule has 120 valence electrons. The molecule has 3 rings (SSSR count). The number of para-hydroxylation sites is 1. The van der Waals surface area contributed by atoms with Crippen molar-refractivity contribution in [3.05, 3.63) is 59.6 Å². The number of halogens is 1. The molecule has 0 unspecified atom stereocenters. The fourth-order valence-corrected chi connectivity index (χ4v) is 2.92. The smallest absolute Gasteiger partial charge is 0.241 e. The number of anilines is 2. The summed E-state index contributed by atoms with van der Waals surface area (Å²) in [7, 11) is 0. The molecule has 5 heteroatoms. The zero-order chi connectivity index (χ0) is 16.1. The maximum absolute atomic E-state index is 12.3. The molecule has 0 atom stereocenters. The van der Waals surface area contributed by atoms with E-state index in [0.29, 0.717) is 6.54 Å². The van der Waals surface area contributed by atoms with Crippen LogP contribution in [0, 0.1) is 0 Å². The lowest BCUT2D eigenvalue weighted by Crippen LogP contribution is -2.50. The molecule has 23 heavy (non-hydrogen) atoms. The third-order valence-electron chi connectivity index (χ3n) is 4.02. The van der Waals surface area contributed by atoms with E-state index in [-0.39, 0.29) is 5.91 Å². The largest absolute Gasteiger partial charge is 0.376 e. The SMILES string of the molecule is O=C(CNc1ccccc1)N1CCN(c2cccc(Cl)c2)CC1. The highest BCUT2D eigenvalue weighted by Crippen LogP contribution is 2.20. The van der Waals surface area contributed by atoms with E-state index in [9.17, 15) is 4.79 Å². The van der Waals surface area contributed by atoms with Crippen LogP contribution in [0.2, 0.25) is 5.02 Å². The Morgan fingerprint density at radius 2 is 1.74 bits per heavy atom. The number of rotatable bonds is 4. The summed E-state index contributed by atoms with van der Waals surface area (Å²) in [6.45, 7) is 3.47. The van der Waals surface area contributed by atoms with E-state index in [1.807, 2.05) is 53.4 Å². The summed E-state index contributed by atoms with van der Waals surface area (Å²) >= 11 is 6.04. The Morgan fingerprint density at radius 1 is 1.00 bits per heavy atom. The van der Waals surface area contributed by atoms with Gasteiger partial charge in [0.1, 0.15) is 0 Å². The van der Waals surface area contributed by atoms with E-state index in [1.165, 1.54) is 0 Å². The number of hydrogen-bond acceptors (Lipinski definition) is 3. The second kappa shape index (κ2) is 7.38. The van der Waals surface area contributed by atoms with Crippen LogP contribution in [0.15, 0.2) is 54.6 Å². The van der Waals surface area contributed by atoms with E-state index in [1.54, 1.807) is 0 Å².